The summed E-state index contributed by atoms with van der Waals surface area (Å²) in [5, 5.41) is 17.9. The van der Waals surface area contributed by atoms with Gasteiger partial charge in [0.2, 0.25) is 0 Å². The van der Waals surface area contributed by atoms with E-state index in [9.17, 15) is 19.5 Å². The Morgan fingerprint density at radius 3 is 1.70 bits per heavy atom. The number of hydrogen-bond donors (Lipinski definition) is 1. The van der Waals surface area contributed by atoms with E-state index in [0.29, 0.717) is 4.90 Å². The second-order valence-corrected chi connectivity index (χ2v) is 6.88. The lowest BCUT2D eigenvalue weighted by molar-refractivity contribution is -0.143. The van der Waals surface area contributed by atoms with E-state index in [2.05, 4.69) is 0 Å². The maximum atomic E-state index is 12.3. The maximum Gasteiger partial charge on any atom is 0.420 e. The molecular formula is C15H24N2O6. The highest BCUT2D eigenvalue weighted by Gasteiger charge is 2.40. The molecule has 0 fully saturated rings. The Kier molecular flexibility index (Phi) is 7.03. The van der Waals surface area contributed by atoms with Gasteiger partial charge in [-0.2, -0.15) is 10.2 Å². The Labute approximate surface area is 136 Å². The molecule has 1 N–H and O–H groups in total. The SMILES string of the molecule is CC(C)(C)OC(=O)N(C(=O)OC(C)(C)C)C(CCC#N)C(=O)O. The molecule has 1 atom stereocenters. The minimum atomic E-state index is -1.54. The minimum absolute atomic E-state index is 0.140. The molecule has 0 rings (SSSR count). The van der Waals surface area contributed by atoms with E-state index in [1.807, 2.05) is 0 Å². The summed E-state index contributed by atoms with van der Waals surface area (Å²) in [7, 11) is 0. The lowest BCUT2D eigenvalue weighted by Crippen LogP contribution is -2.51. The first kappa shape index (κ1) is 20.7. The highest BCUT2D eigenvalue weighted by molar-refractivity contribution is 5.93. The number of carboxylic acid groups (broad SMARTS) is 1. The van der Waals surface area contributed by atoms with Crippen LogP contribution < -0.4 is 0 Å². The van der Waals surface area contributed by atoms with Crippen molar-refractivity contribution >= 4 is 18.2 Å². The van der Waals surface area contributed by atoms with Crippen LogP contribution in [0.4, 0.5) is 9.59 Å². The second-order valence-electron chi connectivity index (χ2n) is 6.88. The van der Waals surface area contributed by atoms with Crippen molar-refractivity contribution in [3.63, 3.8) is 0 Å². The summed E-state index contributed by atoms with van der Waals surface area (Å²) in [5.74, 6) is -1.42. The van der Waals surface area contributed by atoms with Crippen LogP contribution in [0.15, 0.2) is 0 Å². The molecule has 0 bridgehead atoms. The Morgan fingerprint density at radius 1 is 1.04 bits per heavy atom. The number of carbonyl (C=O) groups excluding carboxylic acids is 2. The van der Waals surface area contributed by atoms with Crippen LogP contribution in [0.5, 0.6) is 0 Å². The average Bonchev–Trinajstić information content (AvgIpc) is 2.28. The van der Waals surface area contributed by atoms with Crippen molar-refractivity contribution in [1.29, 1.82) is 5.26 Å². The highest BCUT2D eigenvalue weighted by Crippen LogP contribution is 2.19. The van der Waals surface area contributed by atoms with Crippen LogP contribution in [-0.4, -0.2) is 45.4 Å². The first-order chi connectivity index (χ1) is 10.3. The fourth-order valence-corrected chi connectivity index (χ4v) is 1.52. The van der Waals surface area contributed by atoms with E-state index >= 15 is 0 Å². The van der Waals surface area contributed by atoms with E-state index in [1.54, 1.807) is 47.6 Å². The van der Waals surface area contributed by atoms with Gasteiger partial charge in [0.05, 0.1) is 6.07 Å². The molecule has 0 heterocycles. The van der Waals surface area contributed by atoms with Crippen molar-refractivity contribution in [2.45, 2.75) is 71.6 Å². The van der Waals surface area contributed by atoms with Crippen molar-refractivity contribution in [2.75, 3.05) is 0 Å². The first-order valence-corrected chi connectivity index (χ1v) is 7.13. The van der Waals surface area contributed by atoms with Gasteiger partial charge in [0, 0.05) is 6.42 Å². The monoisotopic (exact) mass is 328 g/mol. The summed E-state index contributed by atoms with van der Waals surface area (Å²) in [5.41, 5.74) is -1.84. The van der Waals surface area contributed by atoms with Crippen LogP contribution in [0.2, 0.25) is 0 Å². The van der Waals surface area contributed by atoms with E-state index in [4.69, 9.17) is 14.7 Å². The number of ether oxygens (including phenoxy) is 2. The number of nitriles is 1. The smallest absolute Gasteiger partial charge is 0.420 e. The molecular weight excluding hydrogens is 304 g/mol. The number of nitrogens with zero attached hydrogens (tertiary/aromatic N) is 2. The summed E-state index contributed by atoms with van der Waals surface area (Å²) < 4.78 is 10.2. The van der Waals surface area contributed by atoms with Gasteiger partial charge in [-0.15, -0.1) is 0 Å². The van der Waals surface area contributed by atoms with Crippen LogP contribution in [0.1, 0.15) is 54.4 Å². The largest absolute Gasteiger partial charge is 0.480 e. The van der Waals surface area contributed by atoms with E-state index in [-0.39, 0.29) is 12.8 Å². The predicted octanol–water partition coefficient (Wildman–Crippen LogP) is 2.92. The number of amides is 2. The first-order valence-electron chi connectivity index (χ1n) is 7.13. The molecule has 0 aliphatic rings. The van der Waals surface area contributed by atoms with Crippen molar-refractivity contribution < 1.29 is 29.0 Å². The second kappa shape index (κ2) is 7.81. The molecule has 0 aliphatic heterocycles. The molecule has 23 heavy (non-hydrogen) atoms. The summed E-state index contributed by atoms with van der Waals surface area (Å²) >= 11 is 0. The zero-order chi connectivity index (χ0) is 18.4. The van der Waals surface area contributed by atoms with Gasteiger partial charge in [-0.1, -0.05) is 0 Å². The van der Waals surface area contributed by atoms with Crippen molar-refractivity contribution in [3.8, 4) is 6.07 Å². The molecule has 8 nitrogen and oxygen atoms in total. The Bertz CT molecular complexity index is 468. The van der Waals surface area contributed by atoms with Gasteiger partial charge in [-0.3, -0.25) is 0 Å². The molecule has 0 radical (unpaired) electrons. The predicted molar refractivity (Wildman–Crippen MR) is 80.6 cm³/mol. The highest BCUT2D eigenvalue weighted by atomic mass is 16.6. The fourth-order valence-electron chi connectivity index (χ4n) is 1.52. The summed E-state index contributed by atoms with van der Waals surface area (Å²) in [6.07, 6.45) is -2.61. The molecule has 2 amide bonds. The van der Waals surface area contributed by atoms with Crippen LogP contribution in [0.3, 0.4) is 0 Å². The molecule has 0 aliphatic carbocycles. The van der Waals surface area contributed by atoms with Crippen LogP contribution in [0, 0.1) is 11.3 Å². The van der Waals surface area contributed by atoms with Gasteiger partial charge in [0.15, 0.2) is 0 Å². The third-order valence-corrected chi connectivity index (χ3v) is 2.31. The number of aliphatic carboxylic acids is 1. The molecule has 0 aromatic heterocycles. The van der Waals surface area contributed by atoms with Gasteiger partial charge in [-0.25, -0.2) is 14.4 Å². The molecule has 0 spiro atoms. The third-order valence-electron chi connectivity index (χ3n) is 2.31. The summed E-state index contributed by atoms with van der Waals surface area (Å²) in [4.78, 5) is 36.3. The van der Waals surface area contributed by atoms with Crippen LogP contribution in [0.25, 0.3) is 0 Å². The zero-order valence-corrected chi connectivity index (χ0v) is 14.4. The molecule has 1 unspecified atom stereocenters. The average molecular weight is 328 g/mol. The normalized spacial score (nSPS) is 12.7. The Morgan fingerprint density at radius 2 is 1.43 bits per heavy atom. The van der Waals surface area contributed by atoms with Gasteiger partial charge in [0.25, 0.3) is 0 Å². The van der Waals surface area contributed by atoms with Gasteiger partial charge in [-0.05, 0) is 48.0 Å². The molecule has 130 valence electrons. The summed E-state index contributed by atoms with van der Waals surface area (Å²) in [6, 6.07) is 0.246. The Balaban J connectivity index is 5.58. The number of imide groups is 1. The number of hydrogen-bond acceptors (Lipinski definition) is 6. The third kappa shape index (κ3) is 8.04. The van der Waals surface area contributed by atoms with Crippen molar-refractivity contribution in [2.24, 2.45) is 0 Å². The number of carboxylic acids is 1. The Hall–Kier alpha value is -2.30. The fraction of sp³-hybridized carbons (Fsp3) is 0.733. The molecule has 0 aromatic rings. The van der Waals surface area contributed by atoms with E-state index in [1.165, 1.54) is 0 Å². The molecule has 8 heteroatoms. The van der Waals surface area contributed by atoms with Crippen LogP contribution in [-0.2, 0) is 14.3 Å². The molecule has 0 saturated heterocycles. The minimum Gasteiger partial charge on any atom is -0.480 e. The van der Waals surface area contributed by atoms with Crippen molar-refractivity contribution in [1.82, 2.24) is 4.90 Å². The van der Waals surface area contributed by atoms with Crippen molar-refractivity contribution in [3.05, 3.63) is 0 Å². The van der Waals surface area contributed by atoms with E-state index in [0.717, 1.165) is 0 Å². The zero-order valence-electron chi connectivity index (χ0n) is 14.4. The lowest BCUT2D eigenvalue weighted by atomic mass is 10.1. The maximum absolute atomic E-state index is 12.3. The number of rotatable bonds is 4. The number of carbonyl (C=O) groups is 3. The summed E-state index contributed by atoms with van der Waals surface area (Å²) in [6.45, 7) is 9.52. The quantitative estimate of drug-likeness (QED) is 0.843. The van der Waals surface area contributed by atoms with E-state index < -0.39 is 35.4 Å². The van der Waals surface area contributed by atoms with Gasteiger partial charge >= 0.3 is 18.2 Å². The van der Waals surface area contributed by atoms with Gasteiger partial charge in [0.1, 0.15) is 17.2 Å². The molecule has 0 saturated carbocycles. The van der Waals surface area contributed by atoms with Crippen LogP contribution >= 0.6 is 0 Å². The standard InChI is InChI=1S/C15H24N2O6/c1-14(2,3)22-12(20)17(13(21)23-15(4,5)6)10(11(18)19)8-7-9-16/h10H,7-8H2,1-6H3,(H,18,19). The topological polar surface area (TPSA) is 117 Å². The molecule has 0 aromatic carbocycles. The van der Waals surface area contributed by atoms with Gasteiger partial charge < -0.3 is 14.6 Å². The lowest BCUT2D eigenvalue weighted by Gasteiger charge is -2.31.